The third-order valence-corrected chi connectivity index (χ3v) is 8.01. The molecule has 2 heterocycles. The zero-order chi connectivity index (χ0) is 30.3. The number of hydrogen-bond donors (Lipinski definition) is 3. The number of esters is 1. The first-order chi connectivity index (χ1) is 20.0. The molecule has 0 spiro atoms. The molecule has 1 amide bonds. The molecule has 0 radical (unpaired) electrons. The number of carbonyl (C=O) groups excluding carboxylic acids is 2. The van der Waals surface area contributed by atoms with Crippen molar-refractivity contribution in [2.24, 2.45) is 11.8 Å². The molecule has 2 fully saturated rings. The van der Waals surface area contributed by atoms with Gasteiger partial charge in [0.05, 0.1) is 17.2 Å². The number of carboxylic acids is 1. The Morgan fingerprint density at radius 2 is 1.69 bits per heavy atom. The van der Waals surface area contributed by atoms with Gasteiger partial charge >= 0.3 is 18.0 Å². The maximum absolute atomic E-state index is 13.1. The first-order valence-corrected chi connectivity index (χ1v) is 14.8. The number of aryl methyl sites for hydroxylation is 1. The first kappa shape index (κ1) is 31.4. The summed E-state index contributed by atoms with van der Waals surface area (Å²) < 4.78 is 17.2. The second kappa shape index (κ2) is 14.1. The standard InChI is InChI=1S/C32H40N2O7S/c1-32(2,3)41-31(38)34-24(30(37)39-19-20-9-5-4-6-10-20)18-33-29(42)28-23(25-14-15-26(28)40-25)17-22-12-8-7-11-21(22)13-16-27(35)36/h4-12,23-26,28H,13-19H2,1-3H3,(H,33,42)(H,34,38)(H,35,36)/t23-,24?,25-,26+,28-/m0/s1. The summed E-state index contributed by atoms with van der Waals surface area (Å²) in [6, 6.07) is 16.2. The summed E-state index contributed by atoms with van der Waals surface area (Å²) in [5.41, 5.74) is 2.21. The number of amides is 1. The van der Waals surface area contributed by atoms with Gasteiger partial charge < -0.3 is 30.0 Å². The smallest absolute Gasteiger partial charge is 0.408 e. The van der Waals surface area contributed by atoms with Crippen LogP contribution in [0.3, 0.4) is 0 Å². The van der Waals surface area contributed by atoms with Gasteiger partial charge in [0.1, 0.15) is 18.2 Å². The van der Waals surface area contributed by atoms with Gasteiger partial charge in [-0.1, -0.05) is 66.8 Å². The van der Waals surface area contributed by atoms with Gasteiger partial charge in [-0.05, 0) is 63.1 Å². The van der Waals surface area contributed by atoms with Crippen LogP contribution in [0.15, 0.2) is 54.6 Å². The Kier molecular flexibility index (Phi) is 10.6. The summed E-state index contributed by atoms with van der Waals surface area (Å²) in [6.45, 7) is 5.34. The van der Waals surface area contributed by atoms with Gasteiger partial charge in [0.25, 0.3) is 0 Å². The van der Waals surface area contributed by atoms with E-state index in [-0.39, 0.29) is 43.6 Å². The highest BCUT2D eigenvalue weighted by Crippen LogP contribution is 2.45. The third kappa shape index (κ3) is 8.75. The lowest BCUT2D eigenvalue weighted by molar-refractivity contribution is -0.147. The summed E-state index contributed by atoms with van der Waals surface area (Å²) in [5.74, 6) is -1.40. The third-order valence-electron chi connectivity index (χ3n) is 7.59. The molecule has 4 rings (SSSR count). The van der Waals surface area contributed by atoms with Gasteiger partial charge in [-0.3, -0.25) is 4.79 Å². The first-order valence-electron chi connectivity index (χ1n) is 14.4. The van der Waals surface area contributed by atoms with E-state index < -0.39 is 29.7 Å². The molecule has 2 saturated heterocycles. The average Bonchev–Trinajstić information content (AvgIpc) is 3.55. The van der Waals surface area contributed by atoms with Crippen LogP contribution in [0.4, 0.5) is 4.79 Å². The van der Waals surface area contributed by atoms with Crippen molar-refractivity contribution < 1.29 is 33.7 Å². The number of fused-ring (bicyclic) bond motifs is 2. The molecule has 10 heteroatoms. The van der Waals surface area contributed by atoms with Crippen molar-refractivity contribution in [1.29, 1.82) is 0 Å². The Morgan fingerprint density at radius 3 is 2.38 bits per heavy atom. The van der Waals surface area contributed by atoms with Crippen LogP contribution in [0.2, 0.25) is 0 Å². The lowest BCUT2D eigenvalue weighted by Crippen LogP contribution is -2.52. The molecular formula is C32H40N2O7S. The molecule has 2 bridgehead atoms. The number of thiocarbonyl (C=S) groups is 1. The maximum atomic E-state index is 13.1. The zero-order valence-corrected chi connectivity index (χ0v) is 25.2. The van der Waals surface area contributed by atoms with Crippen molar-refractivity contribution in [1.82, 2.24) is 10.6 Å². The fourth-order valence-electron chi connectivity index (χ4n) is 5.69. The van der Waals surface area contributed by atoms with E-state index in [4.69, 9.17) is 26.4 Å². The van der Waals surface area contributed by atoms with Crippen molar-refractivity contribution in [2.45, 2.75) is 83.3 Å². The number of nitrogens with one attached hydrogen (secondary N) is 2. The van der Waals surface area contributed by atoms with Crippen molar-refractivity contribution in [3.63, 3.8) is 0 Å². The molecule has 1 unspecified atom stereocenters. The monoisotopic (exact) mass is 596 g/mol. The van der Waals surface area contributed by atoms with Crippen LogP contribution in [0.1, 0.15) is 56.7 Å². The molecule has 42 heavy (non-hydrogen) atoms. The molecule has 2 aromatic rings. The Balaban J connectivity index is 1.43. The molecule has 2 aliphatic rings. The van der Waals surface area contributed by atoms with Gasteiger partial charge in [0, 0.05) is 24.8 Å². The zero-order valence-electron chi connectivity index (χ0n) is 24.3. The molecule has 2 aromatic carbocycles. The molecule has 0 saturated carbocycles. The van der Waals surface area contributed by atoms with Gasteiger partial charge in [-0.15, -0.1) is 0 Å². The summed E-state index contributed by atoms with van der Waals surface area (Å²) in [4.78, 5) is 37.4. The second-order valence-electron chi connectivity index (χ2n) is 11.9. The van der Waals surface area contributed by atoms with Crippen LogP contribution in [0.25, 0.3) is 0 Å². The Morgan fingerprint density at radius 1 is 1.02 bits per heavy atom. The highest BCUT2D eigenvalue weighted by molar-refractivity contribution is 7.80. The average molecular weight is 597 g/mol. The minimum absolute atomic E-state index is 0.0293. The highest BCUT2D eigenvalue weighted by Gasteiger charge is 2.50. The van der Waals surface area contributed by atoms with E-state index in [0.29, 0.717) is 17.8 Å². The van der Waals surface area contributed by atoms with Crippen molar-refractivity contribution in [2.75, 3.05) is 6.54 Å². The molecule has 3 N–H and O–H groups in total. The number of benzene rings is 2. The number of ether oxygens (including phenoxy) is 3. The lowest BCUT2D eigenvalue weighted by Gasteiger charge is -2.30. The SMILES string of the molecule is CC(C)(C)OC(=O)NC(CNC(=S)[C@H]1[C@@H](Cc2ccccc2CCC(=O)O)[C@@H]2CC[C@H]1O2)C(=O)OCc1ccccc1. The predicted octanol–water partition coefficient (Wildman–Crippen LogP) is 4.59. The van der Waals surface area contributed by atoms with Crippen LogP contribution in [0.5, 0.6) is 0 Å². The quantitative estimate of drug-likeness (QED) is 0.238. The van der Waals surface area contributed by atoms with E-state index in [0.717, 1.165) is 29.5 Å². The minimum atomic E-state index is -1.03. The van der Waals surface area contributed by atoms with Crippen molar-refractivity contribution in [3.05, 3.63) is 71.3 Å². The molecule has 226 valence electrons. The summed E-state index contributed by atoms with van der Waals surface area (Å²) in [6.07, 6.45) is 2.38. The number of aliphatic carboxylic acids is 1. The molecule has 5 atom stereocenters. The maximum Gasteiger partial charge on any atom is 0.408 e. The van der Waals surface area contributed by atoms with Gasteiger partial charge in [0.15, 0.2) is 0 Å². The largest absolute Gasteiger partial charge is 0.481 e. The second-order valence-corrected chi connectivity index (χ2v) is 12.3. The van der Waals surface area contributed by atoms with E-state index in [1.54, 1.807) is 20.8 Å². The number of carboxylic acid groups (broad SMARTS) is 1. The van der Waals surface area contributed by atoms with Crippen molar-refractivity contribution >= 4 is 35.2 Å². The van der Waals surface area contributed by atoms with E-state index in [2.05, 4.69) is 10.6 Å². The van der Waals surface area contributed by atoms with Crippen LogP contribution >= 0.6 is 12.2 Å². The Labute approximate surface area is 252 Å². The summed E-state index contributed by atoms with van der Waals surface area (Å²) in [7, 11) is 0. The number of alkyl carbamates (subject to hydrolysis) is 1. The van der Waals surface area contributed by atoms with Gasteiger partial charge in [-0.25, -0.2) is 9.59 Å². The topological polar surface area (TPSA) is 123 Å². The number of rotatable bonds is 12. The van der Waals surface area contributed by atoms with E-state index >= 15 is 0 Å². The minimum Gasteiger partial charge on any atom is -0.481 e. The predicted molar refractivity (Wildman–Crippen MR) is 161 cm³/mol. The van der Waals surface area contributed by atoms with Crippen molar-refractivity contribution in [3.8, 4) is 0 Å². The Hall–Kier alpha value is -3.50. The van der Waals surface area contributed by atoms with Gasteiger partial charge in [0.2, 0.25) is 0 Å². The van der Waals surface area contributed by atoms with E-state index in [9.17, 15) is 19.5 Å². The summed E-state index contributed by atoms with van der Waals surface area (Å²) >= 11 is 5.87. The van der Waals surface area contributed by atoms with Crippen LogP contribution in [0, 0.1) is 11.8 Å². The number of carbonyl (C=O) groups is 3. The molecular weight excluding hydrogens is 556 g/mol. The van der Waals surface area contributed by atoms with Gasteiger partial charge in [-0.2, -0.15) is 0 Å². The molecule has 2 aliphatic heterocycles. The van der Waals surface area contributed by atoms with Crippen LogP contribution in [-0.4, -0.2) is 58.5 Å². The number of hydrogen-bond acceptors (Lipinski definition) is 7. The van der Waals surface area contributed by atoms with Crippen LogP contribution in [-0.2, 0) is 43.2 Å². The fourth-order valence-corrected chi connectivity index (χ4v) is 6.10. The summed E-state index contributed by atoms with van der Waals surface area (Å²) in [5, 5.41) is 15.0. The van der Waals surface area contributed by atoms with E-state index in [1.807, 2.05) is 54.6 Å². The van der Waals surface area contributed by atoms with Crippen LogP contribution < -0.4 is 10.6 Å². The normalized spacial score (nSPS) is 21.8. The van der Waals surface area contributed by atoms with E-state index in [1.165, 1.54) is 0 Å². The Bertz CT molecular complexity index is 1260. The fraction of sp³-hybridized carbons (Fsp3) is 0.500. The molecule has 0 aromatic heterocycles. The molecule has 9 nitrogen and oxygen atoms in total. The molecule has 0 aliphatic carbocycles. The highest BCUT2D eigenvalue weighted by atomic mass is 32.1. The lowest BCUT2D eigenvalue weighted by atomic mass is 9.75.